The maximum Gasteiger partial charge on any atom is 0.355 e. The lowest BCUT2D eigenvalue weighted by atomic mass is 10.1. The lowest BCUT2D eigenvalue weighted by Crippen LogP contribution is -2.38. The van der Waals surface area contributed by atoms with Gasteiger partial charge in [-0.25, -0.2) is 14.4 Å². The van der Waals surface area contributed by atoms with Crippen molar-refractivity contribution in [1.82, 2.24) is 0 Å². The number of nitrogens with zero attached hydrogens (tertiary/aromatic N) is 1. The second-order valence-electron chi connectivity index (χ2n) is 6.48. The van der Waals surface area contributed by atoms with Crippen LogP contribution in [0.5, 0.6) is 5.75 Å². The minimum Gasteiger partial charge on any atom is -0.507 e. The van der Waals surface area contributed by atoms with E-state index in [4.69, 9.17) is 18.9 Å². The smallest absolute Gasteiger partial charge is 0.355 e. The molecule has 1 N–H and O–H groups in total. The molecule has 1 heterocycles. The normalized spacial score (nSPS) is 13.5. The van der Waals surface area contributed by atoms with Gasteiger partial charge in [0.1, 0.15) is 30.3 Å². The molecule has 0 aliphatic carbocycles. The molecule has 0 saturated heterocycles. The zero-order valence-corrected chi connectivity index (χ0v) is 17.0. The number of benzene rings is 2. The van der Waals surface area contributed by atoms with E-state index in [1.165, 1.54) is 37.3 Å². The van der Waals surface area contributed by atoms with Gasteiger partial charge < -0.3 is 29.0 Å². The predicted molar refractivity (Wildman–Crippen MR) is 108 cm³/mol. The van der Waals surface area contributed by atoms with E-state index in [-0.39, 0.29) is 42.5 Å². The van der Waals surface area contributed by atoms with Gasteiger partial charge in [-0.15, -0.1) is 0 Å². The number of aromatic hydroxyl groups is 1. The average molecular weight is 427 g/mol. The number of phenolic OH excluding ortho intramolecular Hbond substituents is 1. The van der Waals surface area contributed by atoms with Crippen molar-refractivity contribution in [3.05, 3.63) is 70.9 Å². The molecule has 0 atom stereocenters. The molecule has 0 spiro atoms. The molecule has 9 nitrogen and oxygen atoms in total. The van der Waals surface area contributed by atoms with Gasteiger partial charge >= 0.3 is 17.9 Å². The number of carbonyl (C=O) groups excluding carboxylic acids is 3. The first-order valence-electron chi connectivity index (χ1n) is 9.25. The van der Waals surface area contributed by atoms with E-state index in [1.54, 1.807) is 0 Å². The monoisotopic (exact) mass is 427 g/mol. The van der Waals surface area contributed by atoms with Gasteiger partial charge in [0.15, 0.2) is 0 Å². The van der Waals surface area contributed by atoms with Crippen LogP contribution in [0.2, 0.25) is 0 Å². The van der Waals surface area contributed by atoms with Crippen LogP contribution in [0.15, 0.2) is 59.8 Å². The Bertz CT molecular complexity index is 1020. The summed E-state index contributed by atoms with van der Waals surface area (Å²) < 4.78 is 20.1. The van der Waals surface area contributed by atoms with Crippen LogP contribution in [0, 0.1) is 0 Å². The Hall–Kier alpha value is -3.85. The molecular weight excluding hydrogens is 406 g/mol. The first kappa shape index (κ1) is 21.8. The van der Waals surface area contributed by atoms with Crippen LogP contribution in [0.4, 0.5) is 5.69 Å². The van der Waals surface area contributed by atoms with Gasteiger partial charge in [-0.05, 0) is 17.7 Å². The van der Waals surface area contributed by atoms with Crippen molar-refractivity contribution >= 4 is 23.6 Å². The quantitative estimate of drug-likeness (QED) is 0.547. The van der Waals surface area contributed by atoms with Crippen molar-refractivity contribution in [2.75, 3.05) is 32.5 Å². The molecule has 9 heteroatoms. The van der Waals surface area contributed by atoms with Crippen molar-refractivity contribution in [2.24, 2.45) is 0 Å². The first-order valence-corrected chi connectivity index (χ1v) is 9.25. The van der Waals surface area contributed by atoms with Crippen LogP contribution < -0.4 is 4.90 Å². The maximum absolute atomic E-state index is 12.4. The van der Waals surface area contributed by atoms with E-state index in [9.17, 15) is 19.5 Å². The van der Waals surface area contributed by atoms with E-state index in [2.05, 4.69) is 0 Å². The van der Waals surface area contributed by atoms with Crippen LogP contribution in [0.1, 0.15) is 15.9 Å². The highest BCUT2D eigenvalue weighted by Gasteiger charge is 2.32. The van der Waals surface area contributed by atoms with E-state index < -0.39 is 17.9 Å². The number of hydrogen-bond acceptors (Lipinski definition) is 9. The van der Waals surface area contributed by atoms with Crippen molar-refractivity contribution < 1.29 is 38.4 Å². The molecule has 0 fully saturated rings. The van der Waals surface area contributed by atoms with Crippen molar-refractivity contribution in [3.8, 4) is 5.75 Å². The van der Waals surface area contributed by atoms with E-state index in [0.717, 1.165) is 5.56 Å². The third kappa shape index (κ3) is 4.84. The lowest BCUT2D eigenvalue weighted by Gasteiger charge is -2.31. The second kappa shape index (κ2) is 9.77. The Labute approximate surface area is 178 Å². The van der Waals surface area contributed by atoms with Gasteiger partial charge in [0, 0.05) is 11.8 Å². The highest BCUT2D eigenvalue weighted by molar-refractivity contribution is 6.03. The third-order valence-electron chi connectivity index (χ3n) is 4.56. The SMILES string of the molecule is COC(=O)C1=C(C(=O)OC)N(c2ccc(C(=O)OCc3ccccc3)c(O)c2)COC1. The molecule has 0 bridgehead atoms. The summed E-state index contributed by atoms with van der Waals surface area (Å²) in [7, 11) is 2.37. The minimum absolute atomic E-state index is 0.0218. The zero-order valence-electron chi connectivity index (χ0n) is 17.0. The summed E-state index contributed by atoms with van der Waals surface area (Å²) >= 11 is 0. The highest BCUT2D eigenvalue weighted by Crippen LogP contribution is 2.31. The largest absolute Gasteiger partial charge is 0.507 e. The fourth-order valence-corrected chi connectivity index (χ4v) is 3.01. The molecule has 0 aromatic heterocycles. The van der Waals surface area contributed by atoms with Crippen molar-refractivity contribution in [2.45, 2.75) is 6.61 Å². The molecule has 0 saturated carbocycles. The van der Waals surface area contributed by atoms with Crippen LogP contribution in [0.25, 0.3) is 0 Å². The molecule has 2 aromatic carbocycles. The fourth-order valence-electron chi connectivity index (χ4n) is 3.01. The molecule has 1 aliphatic heterocycles. The predicted octanol–water partition coefficient (Wildman–Crippen LogP) is 2.14. The average Bonchev–Trinajstić information content (AvgIpc) is 2.81. The van der Waals surface area contributed by atoms with Crippen LogP contribution >= 0.6 is 0 Å². The third-order valence-corrected chi connectivity index (χ3v) is 4.56. The molecule has 0 unspecified atom stereocenters. The molecule has 0 amide bonds. The molecule has 31 heavy (non-hydrogen) atoms. The van der Waals surface area contributed by atoms with Gasteiger partial charge in [0.05, 0.1) is 26.4 Å². The highest BCUT2D eigenvalue weighted by atomic mass is 16.5. The van der Waals surface area contributed by atoms with Crippen LogP contribution in [-0.4, -0.2) is 50.6 Å². The number of rotatable bonds is 6. The summed E-state index contributed by atoms with van der Waals surface area (Å²) in [4.78, 5) is 38.1. The number of hydrogen-bond donors (Lipinski definition) is 1. The fraction of sp³-hybridized carbons (Fsp3) is 0.227. The van der Waals surface area contributed by atoms with Gasteiger partial charge in [0.25, 0.3) is 0 Å². The molecule has 0 radical (unpaired) electrons. The lowest BCUT2D eigenvalue weighted by molar-refractivity contribution is -0.140. The number of methoxy groups -OCH3 is 2. The number of anilines is 1. The van der Waals surface area contributed by atoms with Crippen molar-refractivity contribution in [1.29, 1.82) is 0 Å². The minimum atomic E-state index is -0.769. The summed E-state index contributed by atoms with van der Waals surface area (Å²) in [5, 5.41) is 10.4. The Kier molecular flexibility index (Phi) is 6.88. The van der Waals surface area contributed by atoms with Gasteiger partial charge in [0.2, 0.25) is 0 Å². The standard InChI is InChI=1S/C22H21NO8/c1-28-20(25)17-12-30-13-23(19(17)22(27)29-2)15-8-9-16(18(24)10-15)21(26)31-11-14-6-4-3-5-7-14/h3-10,24H,11-13H2,1-2H3. The Morgan fingerprint density at radius 3 is 2.35 bits per heavy atom. The summed E-state index contributed by atoms with van der Waals surface area (Å²) in [6, 6.07) is 13.2. The number of carbonyl (C=O) groups is 3. The maximum atomic E-state index is 12.4. The number of phenols is 1. The van der Waals surface area contributed by atoms with Crippen LogP contribution in [0.3, 0.4) is 0 Å². The Morgan fingerprint density at radius 1 is 1.00 bits per heavy atom. The molecular formula is C22H21NO8. The summed E-state index contributed by atoms with van der Waals surface area (Å²) in [6.45, 7) is -0.163. The van der Waals surface area contributed by atoms with Gasteiger partial charge in [-0.2, -0.15) is 0 Å². The molecule has 3 rings (SSSR count). The number of ether oxygens (including phenoxy) is 4. The Balaban J connectivity index is 1.86. The van der Waals surface area contributed by atoms with Gasteiger partial charge in [-0.3, -0.25) is 0 Å². The van der Waals surface area contributed by atoms with E-state index in [0.29, 0.717) is 5.69 Å². The Morgan fingerprint density at radius 2 is 1.71 bits per heavy atom. The van der Waals surface area contributed by atoms with Crippen LogP contribution in [-0.2, 0) is 35.1 Å². The molecule has 1 aliphatic rings. The van der Waals surface area contributed by atoms with Gasteiger partial charge in [-0.1, -0.05) is 30.3 Å². The topological polar surface area (TPSA) is 112 Å². The zero-order chi connectivity index (χ0) is 22.4. The molecule has 162 valence electrons. The summed E-state index contributed by atoms with van der Waals surface area (Å²) in [5.74, 6) is -2.57. The second-order valence-corrected chi connectivity index (χ2v) is 6.48. The summed E-state index contributed by atoms with van der Waals surface area (Å²) in [6.07, 6.45) is 0. The first-order chi connectivity index (χ1) is 15.0. The molecule has 2 aromatic rings. The van der Waals surface area contributed by atoms with E-state index >= 15 is 0 Å². The van der Waals surface area contributed by atoms with Crippen molar-refractivity contribution in [3.63, 3.8) is 0 Å². The number of esters is 3. The van der Waals surface area contributed by atoms with E-state index in [1.807, 2.05) is 30.3 Å². The summed E-state index contributed by atoms with van der Waals surface area (Å²) in [5.41, 5.74) is 0.972.